The van der Waals surface area contributed by atoms with Gasteiger partial charge < -0.3 is 14.8 Å². The van der Waals surface area contributed by atoms with Crippen LogP contribution in [0.5, 0.6) is 0 Å². The van der Waals surface area contributed by atoms with E-state index >= 15 is 0 Å². The van der Waals surface area contributed by atoms with Gasteiger partial charge in [-0.2, -0.15) is 0 Å². The fourth-order valence-corrected chi connectivity index (χ4v) is 3.14. The minimum atomic E-state index is 0.0890. The molecule has 2 rings (SSSR count). The van der Waals surface area contributed by atoms with E-state index in [-0.39, 0.29) is 11.9 Å². The number of amides is 1. The zero-order valence-electron chi connectivity index (χ0n) is 13.2. The van der Waals surface area contributed by atoms with Crippen molar-refractivity contribution < 1.29 is 4.79 Å². The predicted molar refractivity (Wildman–Crippen MR) is 87.0 cm³/mol. The average molecular weight is 312 g/mol. The molecule has 0 spiro atoms. The molecule has 1 aromatic rings. The maximum Gasteiger partial charge on any atom is 0.270 e. The molecule has 0 aromatic carbocycles. The largest absolute Gasteiger partial charge is 0.339 e. The molecule has 1 aliphatic rings. The van der Waals surface area contributed by atoms with Crippen molar-refractivity contribution in [2.45, 2.75) is 52.1 Å². The van der Waals surface area contributed by atoms with Crippen LogP contribution in [0.3, 0.4) is 0 Å². The quantitative estimate of drug-likeness (QED) is 0.875. The fourth-order valence-electron chi connectivity index (χ4n) is 2.93. The number of hydrogen-bond acceptors (Lipinski definition) is 2. The molecule has 0 aliphatic carbocycles. The first-order chi connectivity index (χ1) is 10.0. The molecule has 1 aliphatic heterocycles. The highest BCUT2D eigenvalue weighted by atomic mass is 35.5. The molecule has 1 unspecified atom stereocenters. The van der Waals surface area contributed by atoms with E-state index in [4.69, 9.17) is 11.6 Å². The Balaban J connectivity index is 2.17. The Labute approximate surface area is 132 Å². The number of carbonyl (C=O) groups is 1. The lowest BCUT2D eigenvalue weighted by Crippen LogP contribution is -2.42. The second-order valence-corrected chi connectivity index (χ2v) is 6.53. The van der Waals surface area contributed by atoms with Gasteiger partial charge in [0, 0.05) is 31.4 Å². The zero-order valence-corrected chi connectivity index (χ0v) is 14.0. The van der Waals surface area contributed by atoms with Gasteiger partial charge in [-0.1, -0.05) is 18.5 Å². The highest BCUT2D eigenvalue weighted by Crippen LogP contribution is 2.21. The van der Waals surface area contributed by atoms with Gasteiger partial charge in [0.2, 0.25) is 0 Å². The lowest BCUT2D eigenvalue weighted by atomic mass is 10.2. The Morgan fingerprint density at radius 1 is 1.57 bits per heavy atom. The molecule has 1 aromatic heterocycles. The number of carbonyl (C=O) groups excluding carboxylic acids is 1. The fraction of sp³-hybridized carbons (Fsp3) is 0.688. The third-order valence-electron chi connectivity index (χ3n) is 3.97. The van der Waals surface area contributed by atoms with E-state index in [0.717, 1.165) is 32.5 Å². The van der Waals surface area contributed by atoms with Crippen LogP contribution in [-0.4, -0.2) is 41.1 Å². The predicted octanol–water partition coefficient (Wildman–Crippen LogP) is 3.33. The highest BCUT2D eigenvalue weighted by Gasteiger charge is 2.24. The van der Waals surface area contributed by atoms with Crippen LogP contribution >= 0.6 is 11.6 Å². The topological polar surface area (TPSA) is 37.3 Å². The minimum absolute atomic E-state index is 0.0890. The molecule has 1 N–H and O–H groups in total. The molecule has 2 heterocycles. The Hall–Kier alpha value is -1.00. The van der Waals surface area contributed by atoms with Crippen LogP contribution < -0.4 is 5.32 Å². The van der Waals surface area contributed by atoms with E-state index in [0.29, 0.717) is 16.8 Å². The van der Waals surface area contributed by atoms with Gasteiger partial charge in [-0.15, -0.1) is 0 Å². The number of nitrogens with one attached hydrogen (secondary N) is 1. The number of rotatable bonds is 6. The normalized spacial score (nSPS) is 18.4. The first kappa shape index (κ1) is 16.4. The molecular formula is C16H26ClN3O. The summed E-state index contributed by atoms with van der Waals surface area (Å²) in [6.45, 7) is 8.88. The van der Waals surface area contributed by atoms with Gasteiger partial charge in [-0.3, -0.25) is 4.79 Å². The Morgan fingerprint density at radius 2 is 2.33 bits per heavy atom. The summed E-state index contributed by atoms with van der Waals surface area (Å²) in [5.74, 6) is 0.0890. The van der Waals surface area contributed by atoms with Crippen LogP contribution in [0, 0.1) is 0 Å². The van der Waals surface area contributed by atoms with Gasteiger partial charge in [0.15, 0.2) is 0 Å². The molecule has 1 fully saturated rings. The van der Waals surface area contributed by atoms with E-state index in [1.54, 1.807) is 6.07 Å². The van der Waals surface area contributed by atoms with Crippen LogP contribution in [-0.2, 0) is 0 Å². The summed E-state index contributed by atoms with van der Waals surface area (Å²) in [5, 5.41) is 4.09. The lowest BCUT2D eigenvalue weighted by Gasteiger charge is -2.26. The van der Waals surface area contributed by atoms with Crippen LogP contribution in [0.1, 0.15) is 56.6 Å². The summed E-state index contributed by atoms with van der Waals surface area (Å²) in [6, 6.07) is 2.44. The molecule has 1 saturated heterocycles. The SMILES string of the molecule is CCCN(CC1CCCN1)C(=O)c1cc(Cl)cn1C(C)C. The van der Waals surface area contributed by atoms with E-state index in [2.05, 4.69) is 26.1 Å². The molecular weight excluding hydrogens is 286 g/mol. The van der Waals surface area contributed by atoms with Crippen molar-refractivity contribution in [1.29, 1.82) is 0 Å². The van der Waals surface area contributed by atoms with E-state index < -0.39 is 0 Å². The lowest BCUT2D eigenvalue weighted by molar-refractivity contribution is 0.0729. The summed E-state index contributed by atoms with van der Waals surface area (Å²) in [7, 11) is 0. The summed E-state index contributed by atoms with van der Waals surface area (Å²) in [5.41, 5.74) is 0.696. The third-order valence-corrected chi connectivity index (χ3v) is 4.18. The van der Waals surface area contributed by atoms with E-state index in [1.807, 2.05) is 15.7 Å². The van der Waals surface area contributed by atoms with Crippen molar-refractivity contribution in [2.24, 2.45) is 0 Å². The Bertz CT molecular complexity index is 478. The smallest absolute Gasteiger partial charge is 0.270 e. The molecule has 1 amide bonds. The van der Waals surface area contributed by atoms with Crippen LogP contribution in [0.25, 0.3) is 0 Å². The molecule has 118 valence electrons. The van der Waals surface area contributed by atoms with Crippen LogP contribution in [0.15, 0.2) is 12.3 Å². The molecule has 0 radical (unpaired) electrons. The summed E-state index contributed by atoms with van der Waals surface area (Å²) in [4.78, 5) is 14.8. The van der Waals surface area contributed by atoms with E-state index in [9.17, 15) is 4.79 Å². The third kappa shape index (κ3) is 4.01. The van der Waals surface area contributed by atoms with Gasteiger partial charge in [0.05, 0.1) is 5.02 Å². The van der Waals surface area contributed by atoms with Crippen molar-refractivity contribution in [3.63, 3.8) is 0 Å². The van der Waals surface area contributed by atoms with E-state index in [1.165, 1.54) is 6.42 Å². The highest BCUT2D eigenvalue weighted by molar-refractivity contribution is 6.31. The molecule has 5 heteroatoms. The van der Waals surface area contributed by atoms with Gasteiger partial charge in [0.1, 0.15) is 5.69 Å². The molecule has 4 nitrogen and oxygen atoms in total. The van der Waals surface area contributed by atoms with Gasteiger partial charge >= 0.3 is 0 Å². The van der Waals surface area contributed by atoms with Crippen molar-refractivity contribution in [2.75, 3.05) is 19.6 Å². The number of hydrogen-bond donors (Lipinski definition) is 1. The maximum atomic E-state index is 12.9. The van der Waals surface area contributed by atoms with Crippen molar-refractivity contribution in [1.82, 2.24) is 14.8 Å². The molecule has 0 bridgehead atoms. The Morgan fingerprint density at radius 3 is 2.90 bits per heavy atom. The maximum absolute atomic E-state index is 12.9. The van der Waals surface area contributed by atoms with Gasteiger partial charge in [-0.05, 0) is 45.7 Å². The van der Waals surface area contributed by atoms with Crippen molar-refractivity contribution in [3.8, 4) is 0 Å². The Kier molecular flexibility index (Phi) is 5.71. The second-order valence-electron chi connectivity index (χ2n) is 6.09. The number of halogens is 1. The summed E-state index contributed by atoms with van der Waals surface area (Å²) < 4.78 is 1.97. The van der Waals surface area contributed by atoms with Crippen LogP contribution in [0.4, 0.5) is 0 Å². The van der Waals surface area contributed by atoms with Gasteiger partial charge in [0.25, 0.3) is 5.91 Å². The van der Waals surface area contributed by atoms with Gasteiger partial charge in [-0.25, -0.2) is 0 Å². The standard InChI is InChI=1S/C16H26ClN3O/c1-4-8-19(11-14-6-5-7-18-14)16(21)15-9-13(17)10-20(15)12(2)3/h9-10,12,14,18H,4-8,11H2,1-3H3. The van der Waals surface area contributed by atoms with Crippen LogP contribution in [0.2, 0.25) is 5.02 Å². The molecule has 21 heavy (non-hydrogen) atoms. The summed E-state index contributed by atoms with van der Waals surface area (Å²) >= 11 is 6.10. The monoisotopic (exact) mass is 311 g/mol. The molecule has 0 saturated carbocycles. The second kappa shape index (κ2) is 7.32. The summed E-state index contributed by atoms with van der Waals surface area (Å²) in [6.07, 6.45) is 5.17. The number of aromatic nitrogens is 1. The zero-order chi connectivity index (χ0) is 15.4. The van der Waals surface area contributed by atoms with Crippen molar-refractivity contribution >= 4 is 17.5 Å². The first-order valence-corrected chi connectivity index (χ1v) is 8.30. The number of nitrogens with zero attached hydrogens (tertiary/aromatic N) is 2. The molecule has 1 atom stereocenters. The van der Waals surface area contributed by atoms with Crippen molar-refractivity contribution in [3.05, 3.63) is 23.0 Å². The minimum Gasteiger partial charge on any atom is -0.339 e. The average Bonchev–Trinajstić information content (AvgIpc) is 3.06. The first-order valence-electron chi connectivity index (χ1n) is 7.93.